The van der Waals surface area contributed by atoms with E-state index >= 15 is 0 Å². The third-order valence-electron chi connectivity index (χ3n) is 3.91. The molecule has 0 unspecified atom stereocenters. The molecular weight excluding hydrogens is 276 g/mol. The summed E-state index contributed by atoms with van der Waals surface area (Å²) in [7, 11) is -1.84. The molecule has 2 rings (SSSR count). The Labute approximate surface area is 120 Å². The van der Waals surface area contributed by atoms with Crippen molar-refractivity contribution in [3.63, 3.8) is 0 Å². The van der Waals surface area contributed by atoms with Crippen LogP contribution in [0.4, 0.5) is 5.95 Å². The van der Waals surface area contributed by atoms with E-state index < -0.39 is 10.0 Å². The lowest BCUT2D eigenvalue weighted by molar-refractivity contribution is 0.219. The second-order valence-electron chi connectivity index (χ2n) is 5.69. The zero-order chi connectivity index (χ0) is 14.6. The van der Waals surface area contributed by atoms with Gasteiger partial charge < -0.3 is 5.32 Å². The average molecular weight is 298 g/mol. The molecule has 0 aliphatic heterocycles. The second-order valence-corrected chi connectivity index (χ2v) is 7.46. The van der Waals surface area contributed by atoms with E-state index in [1.165, 1.54) is 31.7 Å². The standard InChI is InChI=1S/C13H22N4O2S/c1-13(6-4-3-5-7-13)10-17-20(18,19)11-8-15-12(14-2)16-9-11/h8-9,17H,3-7,10H2,1-2H3,(H,14,15,16). The van der Waals surface area contributed by atoms with Crippen molar-refractivity contribution in [2.24, 2.45) is 5.41 Å². The fraction of sp³-hybridized carbons (Fsp3) is 0.692. The van der Waals surface area contributed by atoms with Crippen molar-refractivity contribution >= 4 is 16.0 Å². The summed E-state index contributed by atoms with van der Waals surface area (Å²) in [4.78, 5) is 7.98. The molecule has 0 aromatic carbocycles. The Bertz CT molecular complexity index is 536. The highest BCUT2D eigenvalue weighted by Crippen LogP contribution is 2.35. The smallest absolute Gasteiger partial charge is 0.243 e. The highest BCUT2D eigenvalue weighted by Gasteiger charge is 2.28. The van der Waals surface area contributed by atoms with Gasteiger partial charge in [0.25, 0.3) is 0 Å². The maximum absolute atomic E-state index is 12.2. The van der Waals surface area contributed by atoms with E-state index in [4.69, 9.17) is 0 Å². The highest BCUT2D eigenvalue weighted by molar-refractivity contribution is 7.89. The molecule has 0 bridgehead atoms. The van der Waals surface area contributed by atoms with Crippen LogP contribution in [0.25, 0.3) is 0 Å². The SMILES string of the molecule is CNc1ncc(S(=O)(=O)NCC2(C)CCCCC2)cn1. The van der Waals surface area contributed by atoms with Crippen LogP contribution in [0.3, 0.4) is 0 Å². The Hall–Kier alpha value is -1.21. The van der Waals surface area contributed by atoms with Crippen LogP contribution in [0.15, 0.2) is 17.3 Å². The largest absolute Gasteiger partial charge is 0.357 e. The number of rotatable bonds is 5. The first-order valence-corrected chi connectivity index (χ1v) is 8.43. The molecule has 7 heteroatoms. The van der Waals surface area contributed by atoms with Crippen molar-refractivity contribution in [2.75, 3.05) is 18.9 Å². The van der Waals surface area contributed by atoms with E-state index in [1.54, 1.807) is 7.05 Å². The normalized spacial score (nSPS) is 18.7. The van der Waals surface area contributed by atoms with E-state index in [1.807, 2.05) is 0 Å². The molecule has 112 valence electrons. The Morgan fingerprint density at radius 3 is 2.35 bits per heavy atom. The molecular formula is C13H22N4O2S. The maximum atomic E-state index is 12.2. The molecule has 6 nitrogen and oxygen atoms in total. The van der Waals surface area contributed by atoms with Crippen LogP contribution in [0.2, 0.25) is 0 Å². The average Bonchev–Trinajstić information content (AvgIpc) is 2.46. The van der Waals surface area contributed by atoms with E-state index in [-0.39, 0.29) is 10.3 Å². The second kappa shape index (κ2) is 6.05. The molecule has 0 radical (unpaired) electrons. The van der Waals surface area contributed by atoms with E-state index in [2.05, 4.69) is 26.9 Å². The molecule has 1 aliphatic carbocycles. The molecule has 1 saturated carbocycles. The summed E-state index contributed by atoms with van der Waals surface area (Å²) in [5.41, 5.74) is 0.0666. The summed E-state index contributed by atoms with van der Waals surface area (Å²) in [6, 6.07) is 0. The summed E-state index contributed by atoms with van der Waals surface area (Å²) in [6.07, 6.45) is 8.40. The molecule has 20 heavy (non-hydrogen) atoms. The van der Waals surface area contributed by atoms with Crippen molar-refractivity contribution in [3.05, 3.63) is 12.4 Å². The van der Waals surface area contributed by atoms with Gasteiger partial charge in [-0.1, -0.05) is 26.2 Å². The molecule has 0 amide bonds. The van der Waals surface area contributed by atoms with Crippen LogP contribution in [-0.2, 0) is 10.0 Å². The molecule has 1 heterocycles. The lowest BCUT2D eigenvalue weighted by Gasteiger charge is -2.33. The number of anilines is 1. The van der Waals surface area contributed by atoms with Gasteiger partial charge in [-0.3, -0.25) is 0 Å². The van der Waals surface area contributed by atoms with Crippen LogP contribution in [-0.4, -0.2) is 32.0 Å². The zero-order valence-electron chi connectivity index (χ0n) is 12.0. The van der Waals surface area contributed by atoms with Crippen molar-refractivity contribution < 1.29 is 8.42 Å². The predicted octanol–water partition coefficient (Wildman–Crippen LogP) is 1.77. The molecule has 1 aromatic heterocycles. The molecule has 0 saturated heterocycles. The van der Waals surface area contributed by atoms with Gasteiger partial charge in [-0.15, -0.1) is 0 Å². The van der Waals surface area contributed by atoms with Crippen LogP contribution in [0.5, 0.6) is 0 Å². The number of sulfonamides is 1. The minimum absolute atomic E-state index is 0.0666. The van der Waals surface area contributed by atoms with Gasteiger partial charge >= 0.3 is 0 Å². The number of aromatic nitrogens is 2. The fourth-order valence-electron chi connectivity index (χ4n) is 2.52. The van der Waals surface area contributed by atoms with Gasteiger partial charge in [0, 0.05) is 13.6 Å². The Morgan fingerprint density at radius 2 is 1.80 bits per heavy atom. The van der Waals surface area contributed by atoms with E-state index in [0.29, 0.717) is 12.5 Å². The van der Waals surface area contributed by atoms with Gasteiger partial charge in [0.2, 0.25) is 16.0 Å². The lowest BCUT2D eigenvalue weighted by Crippen LogP contribution is -2.37. The lowest BCUT2D eigenvalue weighted by atomic mass is 9.76. The molecule has 1 aliphatic rings. The summed E-state index contributed by atoms with van der Waals surface area (Å²) in [5, 5.41) is 2.76. The molecule has 0 atom stereocenters. The monoisotopic (exact) mass is 298 g/mol. The van der Waals surface area contributed by atoms with Gasteiger partial charge in [0.15, 0.2) is 0 Å². The van der Waals surface area contributed by atoms with Crippen molar-refractivity contribution in [2.45, 2.75) is 43.9 Å². The van der Waals surface area contributed by atoms with Gasteiger partial charge in [-0.25, -0.2) is 23.1 Å². The number of nitrogens with one attached hydrogen (secondary N) is 2. The Morgan fingerprint density at radius 1 is 1.20 bits per heavy atom. The third kappa shape index (κ3) is 3.67. The molecule has 0 spiro atoms. The number of hydrogen-bond donors (Lipinski definition) is 2. The summed E-state index contributed by atoms with van der Waals surface area (Å²) < 4.78 is 27.1. The molecule has 2 N–H and O–H groups in total. The van der Waals surface area contributed by atoms with E-state index in [0.717, 1.165) is 12.8 Å². The summed E-state index contributed by atoms with van der Waals surface area (Å²) >= 11 is 0. The number of nitrogens with zero attached hydrogens (tertiary/aromatic N) is 2. The van der Waals surface area contributed by atoms with Gasteiger partial charge in [-0.05, 0) is 18.3 Å². The summed E-state index contributed by atoms with van der Waals surface area (Å²) in [5.74, 6) is 0.406. The maximum Gasteiger partial charge on any atom is 0.243 e. The van der Waals surface area contributed by atoms with Crippen molar-refractivity contribution in [1.82, 2.24) is 14.7 Å². The first-order valence-electron chi connectivity index (χ1n) is 6.95. The predicted molar refractivity (Wildman–Crippen MR) is 78.0 cm³/mol. The van der Waals surface area contributed by atoms with Crippen LogP contribution in [0, 0.1) is 5.41 Å². The van der Waals surface area contributed by atoms with Crippen LogP contribution < -0.4 is 10.0 Å². The van der Waals surface area contributed by atoms with Gasteiger partial charge in [0.1, 0.15) is 4.90 Å². The highest BCUT2D eigenvalue weighted by atomic mass is 32.2. The molecule has 1 fully saturated rings. The van der Waals surface area contributed by atoms with Gasteiger partial charge in [0.05, 0.1) is 12.4 Å². The van der Waals surface area contributed by atoms with Crippen molar-refractivity contribution in [3.8, 4) is 0 Å². The van der Waals surface area contributed by atoms with Gasteiger partial charge in [-0.2, -0.15) is 0 Å². The van der Waals surface area contributed by atoms with E-state index in [9.17, 15) is 8.42 Å². The third-order valence-corrected chi connectivity index (χ3v) is 5.27. The minimum Gasteiger partial charge on any atom is -0.357 e. The topological polar surface area (TPSA) is 84.0 Å². The first-order chi connectivity index (χ1) is 9.45. The Balaban J connectivity index is 2.02. The summed E-state index contributed by atoms with van der Waals surface area (Å²) in [6.45, 7) is 2.62. The Kier molecular flexibility index (Phi) is 4.59. The van der Waals surface area contributed by atoms with Crippen molar-refractivity contribution in [1.29, 1.82) is 0 Å². The van der Waals surface area contributed by atoms with Crippen LogP contribution in [0.1, 0.15) is 39.0 Å². The minimum atomic E-state index is -3.53. The first kappa shape index (κ1) is 15.2. The quantitative estimate of drug-likeness (QED) is 0.865. The number of hydrogen-bond acceptors (Lipinski definition) is 5. The van der Waals surface area contributed by atoms with Crippen LogP contribution >= 0.6 is 0 Å². The molecule has 1 aromatic rings. The zero-order valence-corrected chi connectivity index (χ0v) is 12.8. The fourth-order valence-corrected chi connectivity index (χ4v) is 3.61.